The molecule has 0 aliphatic rings. The molecule has 0 spiro atoms. The summed E-state index contributed by atoms with van der Waals surface area (Å²) in [6.45, 7) is 12.9. The van der Waals surface area contributed by atoms with Crippen LogP contribution in [0.4, 0.5) is 26.3 Å². The molecule has 0 saturated heterocycles. The van der Waals surface area contributed by atoms with Crippen LogP contribution in [0.25, 0.3) is 43.6 Å². The van der Waals surface area contributed by atoms with E-state index in [9.17, 15) is 50.7 Å². The van der Waals surface area contributed by atoms with Gasteiger partial charge in [-0.3, -0.25) is 14.4 Å². The summed E-state index contributed by atoms with van der Waals surface area (Å²) in [6, 6.07) is 30.5. The van der Waals surface area contributed by atoms with E-state index in [1.54, 1.807) is 50.2 Å². The molecule has 0 aliphatic heterocycles. The van der Waals surface area contributed by atoms with Crippen molar-refractivity contribution in [3.05, 3.63) is 166 Å². The lowest BCUT2D eigenvalue weighted by Crippen LogP contribution is -2.13. The molecule has 0 aliphatic carbocycles. The van der Waals surface area contributed by atoms with Crippen molar-refractivity contribution in [1.29, 1.82) is 0 Å². The van der Waals surface area contributed by atoms with E-state index in [1.165, 1.54) is 50.2 Å². The van der Waals surface area contributed by atoms with Gasteiger partial charge in [-0.05, 0) is 123 Å². The lowest BCUT2D eigenvalue weighted by molar-refractivity contribution is -0.141. The molecule has 75 heavy (non-hydrogen) atoms. The van der Waals surface area contributed by atoms with Crippen molar-refractivity contribution < 1.29 is 65.0 Å². The third-order valence-electron chi connectivity index (χ3n) is 11.8. The van der Waals surface area contributed by atoms with Crippen molar-refractivity contribution in [3.63, 3.8) is 0 Å². The Bertz CT molecular complexity index is 3480. The van der Waals surface area contributed by atoms with Gasteiger partial charge in [-0.25, -0.2) is 4.79 Å². The molecular formula is C56H51ClF6N4O8. The Kier molecular flexibility index (Phi) is 18.6. The lowest BCUT2D eigenvalue weighted by Gasteiger charge is -2.12. The van der Waals surface area contributed by atoms with Gasteiger partial charge in [0.2, 0.25) is 5.24 Å². The fourth-order valence-corrected chi connectivity index (χ4v) is 8.43. The average molecular weight is 1060 g/mol. The van der Waals surface area contributed by atoms with Gasteiger partial charge in [0, 0.05) is 106 Å². The Labute approximate surface area is 431 Å². The minimum atomic E-state index is -4.65. The molecule has 0 unspecified atom stereocenters. The van der Waals surface area contributed by atoms with Crippen LogP contribution in [0, 0.1) is 0 Å². The number of halogens is 7. The zero-order valence-corrected chi connectivity index (χ0v) is 42.3. The molecule has 0 bridgehead atoms. The van der Waals surface area contributed by atoms with Crippen molar-refractivity contribution in [3.8, 4) is 0 Å². The van der Waals surface area contributed by atoms with Gasteiger partial charge in [0.05, 0.1) is 35.8 Å². The Morgan fingerprint density at radius 2 is 0.867 bits per heavy atom. The molecule has 0 amide bonds. The fourth-order valence-electron chi connectivity index (χ4n) is 8.43. The summed E-state index contributed by atoms with van der Waals surface area (Å²) in [4.78, 5) is 51.5. The number of hydrogen-bond acceptors (Lipinski definition) is 10. The number of ether oxygens (including phenoxy) is 2. The highest BCUT2D eigenvalue weighted by atomic mass is 35.5. The Morgan fingerprint density at radius 1 is 0.533 bits per heavy atom. The predicted octanol–water partition coefficient (Wildman–Crippen LogP) is 13.4. The summed E-state index contributed by atoms with van der Waals surface area (Å²) in [6.07, 6.45) is -9.29. The van der Waals surface area contributed by atoms with Crippen LogP contribution >= 0.6 is 11.6 Å². The van der Waals surface area contributed by atoms with Crippen molar-refractivity contribution in [2.45, 2.75) is 67.0 Å². The normalized spacial score (nSPS) is 12.1. The first kappa shape index (κ1) is 56.6. The second kappa shape index (κ2) is 24.6. The zero-order chi connectivity index (χ0) is 54.8. The predicted molar refractivity (Wildman–Crippen MR) is 276 cm³/mol. The fraction of sp³-hybridized carbons (Fsp3) is 0.250. The van der Waals surface area contributed by atoms with Crippen LogP contribution in [0.2, 0.25) is 0 Å². The van der Waals surface area contributed by atoms with Crippen LogP contribution in [-0.2, 0) is 49.3 Å². The number of nitrogens with zero attached hydrogens (tertiary/aromatic N) is 4. The molecule has 8 aromatic rings. The topological polar surface area (TPSA) is 151 Å². The molecular weight excluding hydrogens is 1010 g/mol. The zero-order valence-electron chi connectivity index (χ0n) is 41.5. The third kappa shape index (κ3) is 13.4. The molecule has 0 fully saturated rings. The van der Waals surface area contributed by atoms with E-state index in [0.717, 1.165) is 50.4 Å². The van der Waals surface area contributed by atoms with E-state index in [0.29, 0.717) is 67.5 Å². The molecule has 1 N–H and O–H groups in total. The molecule has 0 saturated carbocycles. The average Bonchev–Trinajstić information content (AvgIpc) is 3.87. The third-order valence-corrected chi connectivity index (χ3v) is 11.8. The maximum Gasteiger partial charge on any atom is 0.417 e. The van der Waals surface area contributed by atoms with Gasteiger partial charge in [0.25, 0.3) is 0 Å². The summed E-state index contributed by atoms with van der Waals surface area (Å²) < 4.78 is 96.3. The SMILES string of the molecule is CC(=O)Cl.CCOCCn1c2ccc(C(=O)c3ccccc3C(F)(F)F)cc2c2cc(/C(C)=N/O)ccc21.CCOCCn1c2ccc(C(=O)c3ccccc3C(F)(F)F)cc2c2cc(/C(C)=N/OC(C)=O)ccc21. The van der Waals surface area contributed by atoms with Crippen molar-refractivity contribution in [2.24, 2.45) is 10.3 Å². The maximum absolute atomic E-state index is 13.6. The van der Waals surface area contributed by atoms with Crippen molar-refractivity contribution >= 4 is 89.4 Å². The first-order valence-corrected chi connectivity index (χ1v) is 23.8. The van der Waals surface area contributed by atoms with Crippen LogP contribution in [0.3, 0.4) is 0 Å². The van der Waals surface area contributed by atoms with Crippen LogP contribution in [0.5, 0.6) is 0 Å². The van der Waals surface area contributed by atoms with Crippen LogP contribution in [0.15, 0.2) is 132 Å². The summed E-state index contributed by atoms with van der Waals surface area (Å²) in [7, 11) is 0. The number of ketones is 2. The Hall–Kier alpha value is -7.67. The maximum atomic E-state index is 13.6. The number of oxime groups is 2. The molecule has 0 atom stereocenters. The number of rotatable bonds is 15. The number of hydrogen-bond donors (Lipinski definition) is 1. The van der Waals surface area contributed by atoms with E-state index in [2.05, 4.69) is 21.9 Å². The summed E-state index contributed by atoms with van der Waals surface area (Å²) in [5, 5.41) is 18.9. The van der Waals surface area contributed by atoms with Crippen LogP contribution in [-0.4, -0.2) is 75.0 Å². The molecule has 2 aromatic heterocycles. The Morgan fingerprint density at radius 3 is 1.20 bits per heavy atom. The van der Waals surface area contributed by atoms with Gasteiger partial charge in [-0.15, -0.1) is 0 Å². The highest BCUT2D eigenvalue weighted by Gasteiger charge is 2.36. The van der Waals surface area contributed by atoms with Crippen LogP contribution in [0.1, 0.15) is 95.6 Å². The highest BCUT2D eigenvalue weighted by Crippen LogP contribution is 2.37. The van der Waals surface area contributed by atoms with E-state index in [-0.39, 0.29) is 16.4 Å². The molecule has 2 heterocycles. The van der Waals surface area contributed by atoms with Crippen LogP contribution < -0.4 is 0 Å². The monoisotopic (exact) mass is 1060 g/mol. The van der Waals surface area contributed by atoms with Gasteiger partial charge in [0.15, 0.2) is 11.6 Å². The first-order chi connectivity index (χ1) is 35.6. The summed E-state index contributed by atoms with van der Waals surface area (Å²) >= 11 is 4.64. The van der Waals surface area contributed by atoms with Crippen molar-refractivity contribution in [1.82, 2.24) is 9.13 Å². The number of benzene rings is 6. The van der Waals surface area contributed by atoms with E-state index in [4.69, 9.17) is 14.3 Å². The number of carbonyl (C=O) groups excluding carboxylic acids is 4. The lowest BCUT2D eigenvalue weighted by atomic mass is 9.96. The molecule has 0 radical (unpaired) electrons. The smallest absolute Gasteiger partial charge is 0.411 e. The van der Waals surface area contributed by atoms with Gasteiger partial charge < -0.3 is 28.7 Å². The number of carbonyl (C=O) groups is 4. The molecule has 8 rings (SSSR count). The second-order valence-electron chi connectivity index (χ2n) is 16.8. The van der Waals surface area contributed by atoms with Gasteiger partial charge in [0.1, 0.15) is 0 Å². The molecule has 19 heteroatoms. The molecule has 392 valence electrons. The molecule has 12 nitrogen and oxygen atoms in total. The Balaban J connectivity index is 0.000000228. The minimum Gasteiger partial charge on any atom is -0.411 e. The summed E-state index contributed by atoms with van der Waals surface area (Å²) in [5.41, 5.74) is 3.22. The highest BCUT2D eigenvalue weighted by molar-refractivity contribution is 6.62. The largest absolute Gasteiger partial charge is 0.417 e. The summed E-state index contributed by atoms with van der Waals surface area (Å²) in [5.74, 6) is -1.96. The first-order valence-electron chi connectivity index (χ1n) is 23.4. The second-order valence-corrected chi connectivity index (χ2v) is 17.3. The minimum absolute atomic E-state index is 0.142. The van der Waals surface area contributed by atoms with Gasteiger partial charge >= 0.3 is 18.3 Å². The number of fused-ring (bicyclic) bond motifs is 6. The quantitative estimate of drug-likeness (QED) is 0.0156. The van der Waals surface area contributed by atoms with Gasteiger partial charge in [-0.2, -0.15) is 26.3 Å². The van der Waals surface area contributed by atoms with Crippen molar-refractivity contribution in [2.75, 3.05) is 26.4 Å². The molecule has 6 aromatic carbocycles. The van der Waals surface area contributed by atoms with E-state index < -0.39 is 52.1 Å². The number of alkyl halides is 6. The van der Waals surface area contributed by atoms with E-state index in [1.807, 2.05) is 59.4 Å². The number of aromatic nitrogens is 2. The standard InChI is InChI=1S/C28H25F3N2O4.C26H23F3N2O3.C2H3ClO/c1-4-36-14-13-33-25-11-9-19(17(2)32-37-18(3)34)15-22(25)23-16-20(10-12-26(23)33)27(35)21-7-5-6-8-24(21)28(29,30)31;1-3-34-13-12-31-23-10-8-17(16(2)30-33)14-20(23)21-15-18(9-11-24(21)31)25(32)19-6-4-5-7-22(19)26(27,28)29;1-2(3)4/h5-12,15-16H,4,13-14H2,1-3H3;4-11,14-15,33H,3,12-13H2,1-2H3;1H3/b32-17+;30-16+;. The van der Waals surface area contributed by atoms with Gasteiger partial charge in [-0.1, -0.05) is 58.8 Å². The van der Waals surface area contributed by atoms with E-state index >= 15 is 0 Å².